The predicted molar refractivity (Wildman–Crippen MR) is 150 cm³/mol. The molecule has 0 radical (unpaired) electrons. The van der Waals surface area contributed by atoms with Crippen LogP contribution in [0.25, 0.3) is 5.76 Å². The van der Waals surface area contributed by atoms with Crippen molar-refractivity contribution >= 4 is 55.8 Å². The van der Waals surface area contributed by atoms with Crippen molar-refractivity contribution in [2.75, 3.05) is 18.6 Å². The number of aliphatic hydroxyl groups is 1. The van der Waals surface area contributed by atoms with Crippen LogP contribution in [0.2, 0.25) is 0 Å². The molecule has 2 aliphatic heterocycles. The summed E-state index contributed by atoms with van der Waals surface area (Å²) >= 11 is 4.21. The van der Waals surface area contributed by atoms with Gasteiger partial charge in [0.15, 0.2) is 16.6 Å². The van der Waals surface area contributed by atoms with E-state index in [1.54, 1.807) is 32.0 Å². The number of aromatic hydroxyl groups is 1. The Balaban J connectivity index is 1.72. The lowest BCUT2D eigenvalue weighted by Gasteiger charge is -2.24. The molecule has 0 aliphatic carbocycles. The number of phenolic OH excluding ortho intramolecular Hbond substituents is 1. The van der Waals surface area contributed by atoms with Gasteiger partial charge >= 0.3 is 11.9 Å². The van der Waals surface area contributed by atoms with E-state index in [2.05, 4.69) is 20.9 Å². The molecule has 0 unspecified atom stereocenters. The number of anilines is 1. The summed E-state index contributed by atoms with van der Waals surface area (Å²) in [6.45, 7) is 5.37. The second-order valence-corrected chi connectivity index (χ2v) is 11.1. The van der Waals surface area contributed by atoms with Crippen LogP contribution < -0.4 is 14.4 Å². The summed E-state index contributed by atoms with van der Waals surface area (Å²) in [4.78, 5) is 45.4. The highest BCUT2D eigenvalue weighted by Crippen LogP contribution is 2.47. The first-order valence-corrected chi connectivity index (χ1v) is 14.0. The normalized spacial score (nSPS) is 19.5. The molecule has 1 saturated heterocycles. The number of benzene rings is 2. The second kappa shape index (κ2) is 10.6. The van der Waals surface area contributed by atoms with Crippen LogP contribution in [0.5, 0.6) is 17.2 Å². The molecule has 2 atom stereocenters. The van der Waals surface area contributed by atoms with Gasteiger partial charge in [0.25, 0.3) is 5.78 Å². The summed E-state index contributed by atoms with van der Waals surface area (Å²) in [5.41, 5.74) is 1.71. The van der Waals surface area contributed by atoms with E-state index in [-0.39, 0.29) is 50.0 Å². The highest BCUT2D eigenvalue weighted by Gasteiger charge is 2.49. The smallest absolute Gasteiger partial charge is 0.350 e. The number of halogens is 1. The Hall–Kier alpha value is -3.90. The van der Waals surface area contributed by atoms with Gasteiger partial charge in [-0.25, -0.2) is 9.78 Å². The Morgan fingerprint density at radius 1 is 1.27 bits per heavy atom. The van der Waals surface area contributed by atoms with Gasteiger partial charge in [-0.3, -0.25) is 14.5 Å². The number of fused-ring (bicyclic) bond motifs is 1. The molecule has 1 aromatic heterocycles. The van der Waals surface area contributed by atoms with Crippen LogP contribution in [0.1, 0.15) is 51.9 Å². The van der Waals surface area contributed by atoms with Gasteiger partial charge < -0.3 is 24.4 Å². The van der Waals surface area contributed by atoms with Gasteiger partial charge in [0, 0.05) is 12.0 Å². The average molecular weight is 629 g/mol. The molecule has 1 amide bonds. The number of aromatic nitrogens is 1. The number of ketones is 1. The first-order chi connectivity index (χ1) is 19.0. The minimum atomic E-state index is -1.16. The highest BCUT2D eigenvalue weighted by atomic mass is 79.9. The summed E-state index contributed by atoms with van der Waals surface area (Å²) in [7, 11) is 1.37. The third-order valence-corrected chi connectivity index (χ3v) is 8.39. The molecule has 3 aromatic rings. The van der Waals surface area contributed by atoms with Gasteiger partial charge in [0.2, 0.25) is 0 Å². The minimum absolute atomic E-state index is 0.0264. The molecule has 2 aromatic carbocycles. The third-order valence-electron chi connectivity index (χ3n) is 6.65. The van der Waals surface area contributed by atoms with Crippen molar-refractivity contribution < 1.29 is 38.8 Å². The molecule has 2 aliphatic rings. The van der Waals surface area contributed by atoms with Crippen LogP contribution in [-0.4, -0.2) is 52.7 Å². The number of amides is 1. The minimum Gasteiger partial charge on any atom is -0.507 e. The number of carbonyl (C=O) groups excluding carboxylic acids is 3. The van der Waals surface area contributed by atoms with Crippen LogP contribution in [0.15, 0.2) is 40.4 Å². The first-order valence-electron chi connectivity index (χ1n) is 12.4. The van der Waals surface area contributed by atoms with Gasteiger partial charge in [-0.2, -0.15) is 0 Å². The van der Waals surface area contributed by atoms with E-state index < -0.39 is 23.7 Å². The van der Waals surface area contributed by atoms with Gasteiger partial charge in [0.05, 0.1) is 35.5 Å². The van der Waals surface area contributed by atoms with E-state index in [0.717, 1.165) is 21.8 Å². The number of Topliss-reactive ketones (excluding diaryl/α,β-unsaturated/α-hetero) is 1. The van der Waals surface area contributed by atoms with Crippen LogP contribution in [-0.2, 0) is 20.7 Å². The number of carbonyl (C=O) groups is 3. The molecule has 208 valence electrons. The van der Waals surface area contributed by atoms with Crippen LogP contribution in [0, 0.1) is 6.92 Å². The molecule has 1 fully saturated rings. The Morgan fingerprint density at radius 3 is 2.73 bits per heavy atom. The SMILES string of the molecule is CCOC(=O)c1sc(N2C(=O)C(=O)C(=C(O)c3ccc4c(c3)C[C@H](C)O4)[C@@H]2c2cc(Br)c(O)c(OC)c2)nc1C. The fraction of sp³-hybridized carbons (Fsp3) is 0.286. The summed E-state index contributed by atoms with van der Waals surface area (Å²) in [5, 5.41) is 22.0. The molecule has 0 spiro atoms. The maximum absolute atomic E-state index is 13.6. The van der Waals surface area contributed by atoms with Crippen LogP contribution >= 0.6 is 27.3 Å². The summed E-state index contributed by atoms with van der Waals surface area (Å²) in [5.74, 6) is -2.24. The zero-order chi connectivity index (χ0) is 28.9. The monoisotopic (exact) mass is 628 g/mol. The number of hydrogen-bond acceptors (Lipinski definition) is 10. The van der Waals surface area contributed by atoms with E-state index in [1.165, 1.54) is 19.2 Å². The number of ether oxygens (including phenoxy) is 3. The van der Waals surface area contributed by atoms with E-state index in [0.29, 0.717) is 29.0 Å². The van der Waals surface area contributed by atoms with Crippen molar-refractivity contribution in [2.45, 2.75) is 39.3 Å². The van der Waals surface area contributed by atoms with Crippen LogP contribution in [0.3, 0.4) is 0 Å². The van der Waals surface area contributed by atoms with E-state index >= 15 is 0 Å². The van der Waals surface area contributed by atoms with Gasteiger partial charge in [-0.1, -0.05) is 11.3 Å². The fourth-order valence-corrected chi connectivity index (χ4v) is 6.30. The topological polar surface area (TPSA) is 135 Å². The zero-order valence-electron chi connectivity index (χ0n) is 22.0. The maximum atomic E-state index is 13.6. The molecule has 5 rings (SSSR count). The summed E-state index contributed by atoms with van der Waals surface area (Å²) in [6.07, 6.45) is 0.604. The number of esters is 1. The number of phenols is 1. The molecule has 0 saturated carbocycles. The van der Waals surface area contributed by atoms with E-state index in [4.69, 9.17) is 14.2 Å². The molecule has 10 nitrogen and oxygen atoms in total. The standard InChI is InChI=1S/C28H25BrN2O8S/c1-5-38-27(36)25-13(3)30-28(40-25)31-21(16-10-17(29)23(33)19(11-16)37-4)20(24(34)26(31)35)22(32)14-6-7-18-15(9-14)8-12(2)39-18/h6-7,9-12,21,32-33H,5,8H2,1-4H3/t12-,21-/m0/s1. The predicted octanol–water partition coefficient (Wildman–Crippen LogP) is 5.05. The number of aryl methyl sites for hydroxylation is 1. The van der Waals surface area contributed by atoms with Crippen molar-refractivity contribution in [2.24, 2.45) is 0 Å². The highest BCUT2D eigenvalue weighted by molar-refractivity contribution is 9.10. The number of rotatable bonds is 6. The molecule has 0 bridgehead atoms. The zero-order valence-corrected chi connectivity index (χ0v) is 24.4. The van der Waals surface area contributed by atoms with Crippen molar-refractivity contribution in [1.29, 1.82) is 0 Å². The Kier molecular flexibility index (Phi) is 7.32. The molecule has 2 N–H and O–H groups in total. The van der Waals surface area contributed by atoms with Gasteiger partial charge in [-0.05, 0) is 78.2 Å². The van der Waals surface area contributed by atoms with Gasteiger partial charge in [0.1, 0.15) is 22.5 Å². The van der Waals surface area contributed by atoms with E-state index in [9.17, 15) is 24.6 Å². The molecule has 3 heterocycles. The largest absolute Gasteiger partial charge is 0.507 e. The van der Waals surface area contributed by atoms with Gasteiger partial charge in [-0.15, -0.1) is 0 Å². The Bertz CT molecular complexity index is 1600. The van der Waals surface area contributed by atoms with Crippen LogP contribution in [0.4, 0.5) is 5.13 Å². The summed E-state index contributed by atoms with van der Waals surface area (Å²) in [6, 6.07) is 6.92. The lowest BCUT2D eigenvalue weighted by atomic mass is 9.94. The van der Waals surface area contributed by atoms with Crippen molar-refractivity contribution in [3.63, 3.8) is 0 Å². The third kappa shape index (κ3) is 4.60. The second-order valence-electron chi connectivity index (χ2n) is 9.31. The fourth-order valence-electron chi connectivity index (χ4n) is 4.85. The number of aliphatic hydroxyl groups excluding tert-OH is 1. The Morgan fingerprint density at radius 2 is 2.02 bits per heavy atom. The van der Waals surface area contributed by atoms with Crippen molar-refractivity contribution in [3.05, 3.63) is 67.6 Å². The van der Waals surface area contributed by atoms with Crippen molar-refractivity contribution in [3.8, 4) is 17.2 Å². The lowest BCUT2D eigenvalue weighted by molar-refractivity contribution is -0.132. The molecule has 40 heavy (non-hydrogen) atoms. The Labute approximate surface area is 241 Å². The van der Waals surface area contributed by atoms with Crippen molar-refractivity contribution in [1.82, 2.24) is 4.98 Å². The quantitative estimate of drug-likeness (QED) is 0.166. The number of nitrogens with zero attached hydrogens (tertiary/aromatic N) is 2. The maximum Gasteiger partial charge on any atom is 0.350 e. The van der Waals surface area contributed by atoms with E-state index in [1.807, 2.05) is 6.92 Å². The number of hydrogen-bond donors (Lipinski definition) is 2. The lowest BCUT2D eigenvalue weighted by Crippen LogP contribution is -2.29. The number of thiazole rings is 1. The first kappa shape index (κ1) is 27.7. The molecule has 12 heteroatoms. The molecular formula is C28H25BrN2O8S. The average Bonchev–Trinajstić information content (AvgIpc) is 3.57. The summed E-state index contributed by atoms with van der Waals surface area (Å²) < 4.78 is 16.4. The number of methoxy groups -OCH3 is 1. The molecular weight excluding hydrogens is 604 g/mol.